The van der Waals surface area contributed by atoms with Crippen LogP contribution in [0.1, 0.15) is 48.6 Å². The molecule has 0 bridgehead atoms. The summed E-state index contributed by atoms with van der Waals surface area (Å²) in [5.74, 6) is 1.74. The van der Waals surface area contributed by atoms with Gasteiger partial charge in [0.1, 0.15) is 18.4 Å². The summed E-state index contributed by atoms with van der Waals surface area (Å²) in [5.41, 5.74) is 5.64. The number of esters is 1. The minimum absolute atomic E-state index is 0.355. The smallest absolute Gasteiger partial charge is 0.338 e. The minimum atomic E-state index is -0.477. The Morgan fingerprint density at radius 1 is 1.00 bits per heavy atom. The molecule has 0 fully saturated rings. The number of benzene rings is 3. The molecule has 1 aliphatic heterocycles. The van der Waals surface area contributed by atoms with Crippen LogP contribution < -0.4 is 10.1 Å². The predicted octanol–water partition coefficient (Wildman–Crippen LogP) is 6.70. The van der Waals surface area contributed by atoms with Gasteiger partial charge in [-0.25, -0.2) is 9.48 Å². The number of nitrogens with zero attached hydrogens (tertiary/aromatic N) is 3. The fourth-order valence-corrected chi connectivity index (χ4v) is 5.26. The summed E-state index contributed by atoms with van der Waals surface area (Å²) in [5, 5.41) is 8.72. The Morgan fingerprint density at radius 3 is 2.51 bits per heavy atom. The first kappa shape index (κ1) is 26.6. The third-order valence-electron chi connectivity index (χ3n) is 6.38. The molecular weight excluding hydrogens is 508 g/mol. The molecule has 5 rings (SSSR count). The van der Waals surface area contributed by atoms with Gasteiger partial charge in [0.2, 0.25) is 11.1 Å². The van der Waals surface area contributed by atoms with Crippen molar-refractivity contribution in [2.24, 2.45) is 0 Å². The molecule has 1 aliphatic rings. The molecule has 1 N–H and O–H groups in total. The van der Waals surface area contributed by atoms with E-state index in [1.807, 2.05) is 62.4 Å². The molecule has 1 aromatic heterocycles. The second kappa shape index (κ2) is 12.2. The number of carbonyl (C=O) groups excluding carboxylic acids is 1. The maximum Gasteiger partial charge on any atom is 0.338 e. The van der Waals surface area contributed by atoms with Crippen LogP contribution in [0.2, 0.25) is 0 Å². The van der Waals surface area contributed by atoms with Crippen LogP contribution in [0, 0.1) is 6.92 Å². The van der Waals surface area contributed by atoms with Crippen molar-refractivity contribution in [3.8, 4) is 5.75 Å². The number of aryl methyl sites for hydroxylation is 1. The zero-order valence-corrected chi connectivity index (χ0v) is 23.2. The predicted molar refractivity (Wildman–Crippen MR) is 154 cm³/mol. The van der Waals surface area contributed by atoms with Crippen LogP contribution in [0.5, 0.6) is 5.75 Å². The highest BCUT2D eigenvalue weighted by molar-refractivity contribution is 7.98. The van der Waals surface area contributed by atoms with Crippen molar-refractivity contribution in [3.63, 3.8) is 0 Å². The molecule has 0 aliphatic carbocycles. The van der Waals surface area contributed by atoms with Gasteiger partial charge in [0, 0.05) is 11.4 Å². The van der Waals surface area contributed by atoms with E-state index < -0.39 is 6.04 Å². The zero-order chi connectivity index (χ0) is 27.2. The van der Waals surface area contributed by atoms with Gasteiger partial charge in [-0.2, -0.15) is 4.98 Å². The first-order chi connectivity index (χ1) is 19.0. The van der Waals surface area contributed by atoms with Gasteiger partial charge in [0.05, 0.1) is 12.2 Å². The summed E-state index contributed by atoms with van der Waals surface area (Å²) in [4.78, 5) is 17.9. The van der Waals surface area contributed by atoms with Gasteiger partial charge < -0.3 is 14.8 Å². The molecule has 7 nitrogen and oxygen atoms in total. The molecule has 0 saturated heterocycles. The number of aromatic nitrogens is 3. The summed E-state index contributed by atoms with van der Waals surface area (Å²) in [6.07, 6.45) is 0.748. The van der Waals surface area contributed by atoms with Crippen molar-refractivity contribution in [1.82, 2.24) is 14.8 Å². The molecule has 39 heavy (non-hydrogen) atoms. The molecule has 3 aromatic carbocycles. The van der Waals surface area contributed by atoms with Gasteiger partial charge in [-0.15, -0.1) is 5.10 Å². The number of carbonyl (C=O) groups is 1. The third-order valence-corrected chi connectivity index (χ3v) is 7.29. The Morgan fingerprint density at radius 2 is 1.77 bits per heavy atom. The fraction of sp³-hybridized carbons (Fsp3) is 0.258. The van der Waals surface area contributed by atoms with Gasteiger partial charge in [-0.05, 0) is 49.1 Å². The average molecular weight is 541 g/mol. The Bertz CT molecular complexity index is 1460. The largest absolute Gasteiger partial charge is 0.489 e. The summed E-state index contributed by atoms with van der Waals surface area (Å²) < 4.78 is 13.4. The van der Waals surface area contributed by atoms with E-state index >= 15 is 0 Å². The Labute approximate surface area is 233 Å². The fourth-order valence-electron chi connectivity index (χ4n) is 4.47. The van der Waals surface area contributed by atoms with E-state index in [2.05, 4.69) is 42.6 Å². The zero-order valence-electron chi connectivity index (χ0n) is 22.4. The molecule has 1 atom stereocenters. The second-order valence-corrected chi connectivity index (χ2v) is 10.4. The number of hydrogen-bond donors (Lipinski definition) is 1. The molecule has 1 unspecified atom stereocenters. The number of anilines is 1. The average Bonchev–Trinajstić information content (AvgIpc) is 3.36. The topological polar surface area (TPSA) is 78.3 Å². The van der Waals surface area contributed by atoms with Crippen molar-refractivity contribution in [3.05, 3.63) is 112 Å². The number of nitrogens with one attached hydrogen (secondary N) is 1. The number of fused-ring (bicyclic) bond motifs is 1. The monoisotopic (exact) mass is 540 g/mol. The lowest BCUT2D eigenvalue weighted by molar-refractivity contribution is -0.139. The summed E-state index contributed by atoms with van der Waals surface area (Å²) >= 11 is 1.56. The SMILES string of the molecule is CCCOC(=O)C1=C(C)Nc2nc(SCc3ccccc3)nn2C1c1ccc(OCc2cccc(C)c2)cc1. The van der Waals surface area contributed by atoms with Crippen molar-refractivity contribution in [2.45, 2.75) is 50.8 Å². The van der Waals surface area contributed by atoms with Crippen LogP contribution in [-0.2, 0) is 21.9 Å². The Balaban J connectivity index is 1.41. The standard InChI is InChI=1S/C31H32N4O3S/c1-4-17-37-29(36)27-22(3)32-30-33-31(39-20-23-10-6-5-7-11-23)34-35(30)28(27)25-13-15-26(16-14-25)38-19-24-12-8-9-21(2)18-24/h5-16,18,28H,4,17,19-20H2,1-3H3,(H,32,33,34). The minimum Gasteiger partial charge on any atom is -0.489 e. The number of hydrogen-bond acceptors (Lipinski definition) is 7. The normalized spacial score (nSPS) is 14.5. The molecule has 0 saturated carbocycles. The maximum atomic E-state index is 13.2. The molecule has 0 spiro atoms. The lowest BCUT2D eigenvalue weighted by Gasteiger charge is -2.28. The van der Waals surface area contributed by atoms with Gasteiger partial charge in [-0.1, -0.05) is 91.0 Å². The van der Waals surface area contributed by atoms with Gasteiger partial charge in [0.25, 0.3) is 0 Å². The van der Waals surface area contributed by atoms with E-state index in [9.17, 15) is 4.79 Å². The highest BCUT2D eigenvalue weighted by Gasteiger charge is 2.35. The summed E-state index contributed by atoms with van der Waals surface area (Å²) in [7, 11) is 0. The maximum absolute atomic E-state index is 13.2. The highest BCUT2D eigenvalue weighted by Crippen LogP contribution is 2.37. The Kier molecular flexibility index (Phi) is 8.32. The van der Waals surface area contributed by atoms with Gasteiger partial charge in [-0.3, -0.25) is 0 Å². The van der Waals surface area contributed by atoms with Gasteiger partial charge >= 0.3 is 5.97 Å². The van der Waals surface area contributed by atoms with Crippen LogP contribution in [0.3, 0.4) is 0 Å². The van der Waals surface area contributed by atoms with E-state index in [1.165, 1.54) is 11.1 Å². The summed E-state index contributed by atoms with van der Waals surface area (Å²) in [6, 6.07) is 25.8. The van der Waals surface area contributed by atoms with E-state index in [1.54, 1.807) is 16.4 Å². The second-order valence-electron chi connectivity index (χ2n) is 9.49. The van der Waals surface area contributed by atoms with E-state index in [0.717, 1.165) is 29.1 Å². The number of thioether (sulfide) groups is 1. The quantitative estimate of drug-likeness (QED) is 0.177. The first-order valence-electron chi connectivity index (χ1n) is 13.1. The van der Waals surface area contributed by atoms with E-state index in [0.29, 0.717) is 35.6 Å². The Hall–Kier alpha value is -4.04. The molecule has 0 amide bonds. The number of ether oxygens (including phenoxy) is 2. The molecular formula is C31H32N4O3S. The molecule has 2 heterocycles. The van der Waals surface area contributed by atoms with Crippen molar-refractivity contribution < 1.29 is 14.3 Å². The van der Waals surface area contributed by atoms with Crippen LogP contribution in [-0.4, -0.2) is 27.3 Å². The van der Waals surface area contributed by atoms with Crippen molar-refractivity contribution >= 4 is 23.7 Å². The van der Waals surface area contributed by atoms with Crippen molar-refractivity contribution in [2.75, 3.05) is 11.9 Å². The summed E-state index contributed by atoms with van der Waals surface area (Å²) in [6.45, 7) is 6.77. The number of rotatable bonds is 10. The van der Waals surface area contributed by atoms with Crippen LogP contribution in [0.4, 0.5) is 5.95 Å². The molecule has 200 valence electrons. The molecule has 0 radical (unpaired) electrons. The van der Waals surface area contributed by atoms with Gasteiger partial charge in [0.15, 0.2) is 0 Å². The lowest BCUT2D eigenvalue weighted by Crippen LogP contribution is -2.29. The lowest BCUT2D eigenvalue weighted by atomic mass is 9.96. The van der Waals surface area contributed by atoms with E-state index in [-0.39, 0.29) is 5.97 Å². The van der Waals surface area contributed by atoms with E-state index in [4.69, 9.17) is 19.6 Å². The molecule has 8 heteroatoms. The van der Waals surface area contributed by atoms with Crippen molar-refractivity contribution in [1.29, 1.82) is 0 Å². The van der Waals surface area contributed by atoms with Crippen LogP contribution in [0.25, 0.3) is 0 Å². The third kappa shape index (κ3) is 6.34. The van der Waals surface area contributed by atoms with Crippen LogP contribution >= 0.6 is 11.8 Å². The highest BCUT2D eigenvalue weighted by atomic mass is 32.2. The first-order valence-corrected chi connectivity index (χ1v) is 14.1. The molecule has 4 aromatic rings. The van der Waals surface area contributed by atoms with Crippen LogP contribution in [0.15, 0.2) is 95.3 Å². The number of allylic oxidation sites excluding steroid dienone is 1.